The maximum atomic E-state index is 12.5. The molecule has 0 radical (unpaired) electrons. The van der Waals surface area contributed by atoms with Crippen LogP contribution < -0.4 is 5.56 Å². The Labute approximate surface area is 148 Å². The Kier molecular flexibility index (Phi) is 5.31. The number of carbonyl (C=O) groups is 1. The fourth-order valence-corrected chi connectivity index (χ4v) is 3.17. The van der Waals surface area contributed by atoms with E-state index in [1.165, 1.54) is 5.56 Å². The maximum Gasteiger partial charge on any atom is 0.256 e. The zero-order chi connectivity index (χ0) is 17.8. The predicted octanol–water partition coefficient (Wildman–Crippen LogP) is 3.21. The van der Waals surface area contributed by atoms with Gasteiger partial charge in [-0.25, -0.2) is 4.98 Å². The van der Waals surface area contributed by atoms with Gasteiger partial charge in [0.15, 0.2) is 0 Å². The number of nitrogens with one attached hydrogen (secondary N) is 1. The van der Waals surface area contributed by atoms with Crippen molar-refractivity contribution in [2.24, 2.45) is 0 Å². The van der Waals surface area contributed by atoms with Crippen LogP contribution in [0.4, 0.5) is 0 Å². The Hall–Kier alpha value is -2.43. The van der Waals surface area contributed by atoms with Crippen molar-refractivity contribution >= 4 is 5.91 Å². The van der Waals surface area contributed by atoms with Gasteiger partial charge in [0.25, 0.3) is 5.56 Å². The van der Waals surface area contributed by atoms with Gasteiger partial charge in [-0.2, -0.15) is 0 Å². The largest absolute Gasteiger partial charge is 0.338 e. The highest BCUT2D eigenvalue weighted by atomic mass is 16.2. The highest BCUT2D eigenvalue weighted by Crippen LogP contribution is 2.20. The maximum absolute atomic E-state index is 12.5. The first-order chi connectivity index (χ1) is 12.1. The van der Waals surface area contributed by atoms with E-state index in [9.17, 15) is 9.59 Å². The minimum Gasteiger partial charge on any atom is -0.338 e. The summed E-state index contributed by atoms with van der Waals surface area (Å²) in [6.07, 6.45) is 4.28. The second kappa shape index (κ2) is 7.64. The van der Waals surface area contributed by atoms with Crippen LogP contribution in [0.25, 0.3) is 11.4 Å². The average Bonchev–Trinajstić information content (AvgIpc) is 2.62. The van der Waals surface area contributed by atoms with Crippen molar-refractivity contribution in [3.8, 4) is 11.4 Å². The Morgan fingerprint density at radius 1 is 1.24 bits per heavy atom. The van der Waals surface area contributed by atoms with Crippen molar-refractivity contribution in [1.82, 2.24) is 14.9 Å². The summed E-state index contributed by atoms with van der Waals surface area (Å²) in [6.45, 7) is 5.16. The van der Waals surface area contributed by atoms with Crippen molar-refractivity contribution in [3.63, 3.8) is 0 Å². The van der Waals surface area contributed by atoms with E-state index in [0.717, 1.165) is 30.5 Å². The van der Waals surface area contributed by atoms with Crippen LogP contribution >= 0.6 is 0 Å². The number of nitrogens with zero attached hydrogens (tertiary/aromatic N) is 2. The Bertz CT molecular complexity index is 809. The molecule has 1 N–H and O–H groups in total. The summed E-state index contributed by atoms with van der Waals surface area (Å²) in [5, 5.41) is 0. The van der Waals surface area contributed by atoms with Crippen molar-refractivity contribution in [3.05, 3.63) is 51.4 Å². The van der Waals surface area contributed by atoms with Gasteiger partial charge in [-0.05, 0) is 13.3 Å². The lowest BCUT2D eigenvalue weighted by Gasteiger charge is -2.28. The van der Waals surface area contributed by atoms with Gasteiger partial charge in [-0.3, -0.25) is 9.59 Å². The summed E-state index contributed by atoms with van der Waals surface area (Å²) in [7, 11) is 0. The van der Waals surface area contributed by atoms with Gasteiger partial charge in [0.1, 0.15) is 5.82 Å². The van der Waals surface area contributed by atoms with Gasteiger partial charge < -0.3 is 9.88 Å². The molecule has 3 rings (SSSR count). The van der Waals surface area contributed by atoms with E-state index in [4.69, 9.17) is 0 Å². The molecule has 0 bridgehead atoms. The first-order valence-electron chi connectivity index (χ1n) is 9.05. The molecule has 1 amide bonds. The number of aromatic amines is 1. The number of fused-ring (bicyclic) bond motifs is 1. The summed E-state index contributed by atoms with van der Waals surface area (Å²) >= 11 is 0. The molecule has 1 aliphatic rings. The van der Waals surface area contributed by atoms with Gasteiger partial charge >= 0.3 is 0 Å². The van der Waals surface area contributed by atoms with Gasteiger partial charge in [0.2, 0.25) is 5.91 Å². The lowest BCUT2D eigenvalue weighted by atomic mass is 10.0. The molecule has 2 heterocycles. The lowest BCUT2D eigenvalue weighted by molar-refractivity contribution is -0.132. The number of unbranched alkanes of at least 4 members (excludes halogenated alkanes) is 2. The molecule has 2 aromatic rings. The highest BCUT2D eigenvalue weighted by Gasteiger charge is 2.24. The van der Waals surface area contributed by atoms with E-state index >= 15 is 0 Å². The van der Waals surface area contributed by atoms with Crippen LogP contribution in [-0.4, -0.2) is 27.3 Å². The fraction of sp³-hybridized carbons (Fsp3) is 0.450. The normalized spacial score (nSPS) is 13.6. The third-order valence-electron chi connectivity index (χ3n) is 4.74. The van der Waals surface area contributed by atoms with Crippen LogP contribution in [0.15, 0.2) is 29.1 Å². The molecular weight excluding hydrogens is 314 g/mol. The molecule has 0 saturated carbocycles. The van der Waals surface area contributed by atoms with Crippen molar-refractivity contribution in [2.45, 2.75) is 52.5 Å². The lowest BCUT2D eigenvalue weighted by Crippen LogP contribution is -2.39. The molecule has 0 fully saturated rings. The molecule has 0 unspecified atom stereocenters. The van der Waals surface area contributed by atoms with Crippen LogP contribution in [0.3, 0.4) is 0 Å². The van der Waals surface area contributed by atoms with E-state index in [0.29, 0.717) is 37.3 Å². The van der Waals surface area contributed by atoms with E-state index in [2.05, 4.69) is 16.9 Å². The molecule has 0 saturated heterocycles. The molecule has 1 aliphatic heterocycles. The van der Waals surface area contributed by atoms with Gasteiger partial charge in [0.05, 0.1) is 17.8 Å². The monoisotopic (exact) mass is 339 g/mol. The number of hydrogen-bond donors (Lipinski definition) is 1. The number of benzene rings is 1. The number of rotatable bonds is 5. The Balaban J connectivity index is 1.79. The summed E-state index contributed by atoms with van der Waals surface area (Å²) in [4.78, 5) is 34.1. The number of aryl methyl sites for hydroxylation is 1. The minimum absolute atomic E-state index is 0.133. The number of amides is 1. The molecule has 1 aromatic heterocycles. The van der Waals surface area contributed by atoms with Crippen LogP contribution in [0.1, 0.15) is 49.4 Å². The van der Waals surface area contributed by atoms with E-state index in [1.807, 2.05) is 31.2 Å². The zero-order valence-corrected chi connectivity index (χ0v) is 15.0. The van der Waals surface area contributed by atoms with E-state index in [1.54, 1.807) is 4.90 Å². The molecule has 0 spiro atoms. The third kappa shape index (κ3) is 3.98. The first-order valence-corrected chi connectivity index (χ1v) is 9.05. The summed E-state index contributed by atoms with van der Waals surface area (Å²) in [5.74, 6) is 0.743. The van der Waals surface area contributed by atoms with Crippen molar-refractivity contribution in [2.75, 3.05) is 6.54 Å². The Morgan fingerprint density at radius 2 is 2.00 bits per heavy atom. The molecule has 132 valence electrons. The molecule has 1 aromatic carbocycles. The molecule has 25 heavy (non-hydrogen) atoms. The fourth-order valence-electron chi connectivity index (χ4n) is 3.17. The van der Waals surface area contributed by atoms with Crippen LogP contribution in [0, 0.1) is 6.92 Å². The summed E-state index contributed by atoms with van der Waals surface area (Å²) in [5.41, 5.74) is 3.39. The first kappa shape index (κ1) is 17.4. The van der Waals surface area contributed by atoms with Crippen molar-refractivity contribution < 1.29 is 4.79 Å². The average molecular weight is 339 g/mol. The second-order valence-corrected chi connectivity index (χ2v) is 6.73. The zero-order valence-electron chi connectivity index (χ0n) is 15.0. The summed E-state index contributed by atoms with van der Waals surface area (Å²) < 4.78 is 0. The quantitative estimate of drug-likeness (QED) is 0.851. The third-order valence-corrected chi connectivity index (χ3v) is 4.74. The number of carbonyl (C=O) groups excluding carboxylic acids is 1. The Morgan fingerprint density at radius 3 is 2.72 bits per heavy atom. The standard InChI is InChI=1S/C20H25N3O2/c1-3-4-5-6-18(24)23-12-11-17-16(13-23)20(25)22-19(21-17)15-9-7-14(2)8-10-15/h7-10H,3-6,11-13H2,1-2H3,(H,21,22,25). The van der Waals surface area contributed by atoms with E-state index in [-0.39, 0.29) is 11.5 Å². The number of aromatic nitrogens is 2. The van der Waals surface area contributed by atoms with Crippen LogP contribution in [0.5, 0.6) is 0 Å². The summed E-state index contributed by atoms with van der Waals surface area (Å²) in [6, 6.07) is 7.94. The molecular formula is C20H25N3O2. The highest BCUT2D eigenvalue weighted by molar-refractivity contribution is 5.76. The SMILES string of the molecule is CCCCCC(=O)N1CCc2nc(-c3ccc(C)cc3)[nH]c(=O)c2C1. The molecule has 5 nitrogen and oxygen atoms in total. The van der Waals surface area contributed by atoms with Gasteiger partial charge in [-0.1, -0.05) is 49.6 Å². The predicted molar refractivity (Wildman–Crippen MR) is 98.3 cm³/mol. The molecule has 5 heteroatoms. The number of H-pyrrole nitrogens is 1. The second-order valence-electron chi connectivity index (χ2n) is 6.73. The van der Waals surface area contributed by atoms with Gasteiger partial charge in [-0.15, -0.1) is 0 Å². The molecule has 0 aliphatic carbocycles. The minimum atomic E-state index is -0.133. The molecule has 0 atom stereocenters. The van der Waals surface area contributed by atoms with Crippen molar-refractivity contribution in [1.29, 1.82) is 0 Å². The van der Waals surface area contributed by atoms with Crippen LogP contribution in [0.2, 0.25) is 0 Å². The van der Waals surface area contributed by atoms with Crippen LogP contribution in [-0.2, 0) is 17.8 Å². The number of hydrogen-bond acceptors (Lipinski definition) is 3. The topological polar surface area (TPSA) is 66.1 Å². The van der Waals surface area contributed by atoms with E-state index < -0.39 is 0 Å². The van der Waals surface area contributed by atoms with Gasteiger partial charge in [0, 0.05) is 24.9 Å². The smallest absolute Gasteiger partial charge is 0.256 e.